The number of hydrogen-bond acceptors (Lipinski definition) is 0. The lowest BCUT2D eigenvalue weighted by Crippen LogP contribution is -3.00. The van der Waals surface area contributed by atoms with Crippen LogP contribution in [-0.2, 0) is 6.54 Å². The second-order valence-electron chi connectivity index (χ2n) is 4.50. The zero-order valence-corrected chi connectivity index (χ0v) is 11.3. The fraction of sp³-hybridized carbons (Fsp3) is 0.643. The van der Waals surface area contributed by atoms with Crippen molar-refractivity contribution in [2.75, 3.05) is 0 Å². The molecule has 0 saturated carbocycles. The van der Waals surface area contributed by atoms with Gasteiger partial charge >= 0.3 is 0 Å². The van der Waals surface area contributed by atoms with Gasteiger partial charge < -0.3 is 12.4 Å². The van der Waals surface area contributed by atoms with Crippen LogP contribution in [0.15, 0.2) is 30.6 Å². The molecule has 0 fully saturated rings. The van der Waals surface area contributed by atoms with E-state index in [2.05, 4.69) is 49.0 Å². The summed E-state index contributed by atoms with van der Waals surface area (Å²) in [4.78, 5) is 0. The van der Waals surface area contributed by atoms with Crippen LogP contribution in [-0.4, -0.2) is 0 Å². The van der Waals surface area contributed by atoms with Gasteiger partial charge in [0.1, 0.15) is 6.54 Å². The van der Waals surface area contributed by atoms with Crippen molar-refractivity contribution in [2.45, 2.75) is 52.5 Å². The summed E-state index contributed by atoms with van der Waals surface area (Å²) in [6.45, 7) is 5.80. The van der Waals surface area contributed by atoms with E-state index in [-0.39, 0.29) is 12.4 Å². The van der Waals surface area contributed by atoms with Crippen LogP contribution in [0.2, 0.25) is 0 Å². The van der Waals surface area contributed by atoms with E-state index in [1.54, 1.807) is 0 Å². The lowest BCUT2D eigenvalue weighted by Gasteiger charge is -2.08. The molecule has 1 rings (SSSR count). The molecule has 0 aliphatic carbocycles. The number of rotatable bonds is 7. The molecular formula is C14H24ClN. The maximum absolute atomic E-state index is 2.37. The third kappa shape index (κ3) is 6.84. The van der Waals surface area contributed by atoms with Crippen LogP contribution >= 0.6 is 0 Å². The molecule has 0 amide bonds. The number of halogens is 1. The highest BCUT2D eigenvalue weighted by atomic mass is 35.5. The SMILES string of the molecule is CCCCCC(C)CC[n+]1ccccc1.[Cl-]. The van der Waals surface area contributed by atoms with Crippen LogP contribution in [0.4, 0.5) is 0 Å². The minimum atomic E-state index is 0. The number of aromatic nitrogens is 1. The second-order valence-corrected chi connectivity index (χ2v) is 4.50. The molecule has 0 radical (unpaired) electrons. The normalized spacial score (nSPS) is 11.9. The molecule has 1 nitrogen and oxygen atoms in total. The molecule has 0 N–H and O–H groups in total. The van der Waals surface area contributed by atoms with Crippen LogP contribution in [0.1, 0.15) is 46.0 Å². The molecule has 2 heteroatoms. The van der Waals surface area contributed by atoms with Gasteiger partial charge in [0.2, 0.25) is 0 Å². The standard InChI is InChI=1S/C14H24N.ClH/c1-3-4-6-9-14(2)10-13-15-11-7-5-8-12-15;/h5,7-8,11-12,14H,3-4,6,9-10,13H2,1-2H3;1H/q+1;/p-1. The first-order chi connectivity index (χ1) is 7.33. The number of hydrogen-bond donors (Lipinski definition) is 0. The number of pyridine rings is 1. The van der Waals surface area contributed by atoms with Crippen molar-refractivity contribution >= 4 is 0 Å². The Balaban J connectivity index is 0.00000225. The number of unbranched alkanes of at least 4 members (excludes halogenated alkanes) is 2. The molecule has 16 heavy (non-hydrogen) atoms. The predicted octanol–water partition coefficient (Wildman–Crippen LogP) is 0.585. The molecule has 1 heterocycles. The Kier molecular flexibility index (Phi) is 9.31. The molecular weight excluding hydrogens is 218 g/mol. The predicted molar refractivity (Wildman–Crippen MR) is 64.6 cm³/mol. The van der Waals surface area contributed by atoms with Crippen molar-refractivity contribution in [2.24, 2.45) is 5.92 Å². The lowest BCUT2D eigenvalue weighted by atomic mass is 10.00. The summed E-state index contributed by atoms with van der Waals surface area (Å²) in [5, 5.41) is 0. The van der Waals surface area contributed by atoms with Crippen molar-refractivity contribution in [1.29, 1.82) is 0 Å². The van der Waals surface area contributed by atoms with E-state index < -0.39 is 0 Å². The van der Waals surface area contributed by atoms with E-state index in [9.17, 15) is 0 Å². The summed E-state index contributed by atoms with van der Waals surface area (Å²) >= 11 is 0. The van der Waals surface area contributed by atoms with E-state index >= 15 is 0 Å². The summed E-state index contributed by atoms with van der Waals surface area (Å²) in [7, 11) is 0. The maximum Gasteiger partial charge on any atom is 0.168 e. The molecule has 0 aromatic carbocycles. The van der Waals surface area contributed by atoms with Crippen LogP contribution in [0.25, 0.3) is 0 Å². The molecule has 0 saturated heterocycles. The fourth-order valence-electron chi connectivity index (χ4n) is 1.84. The van der Waals surface area contributed by atoms with Gasteiger partial charge in [0.15, 0.2) is 12.4 Å². The fourth-order valence-corrected chi connectivity index (χ4v) is 1.84. The summed E-state index contributed by atoms with van der Waals surface area (Å²) in [5.41, 5.74) is 0. The molecule has 1 aromatic rings. The highest BCUT2D eigenvalue weighted by molar-refractivity contribution is 4.83. The molecule has 1 aromatic heterocycles. The first kappa shape index (κ1) is 15.4. The van der Waals surface area contributed by atoms with Crippen LogP contribution in [0.3, 0.4) is 0 Å². The monoisotopic (exact) mass is 241 g/mol. The molecule has 0 aliphatic rings. The Morgan fingerprint density at radius 1 is 1.00 bits per heavy atom. The van der Waals surface area contributed by atoms with Crippen molar-refractivity contribution in [3.63, 3.8) is 0 Å². The molecule has 1 unspecified atom stereocenters. The molecule has 92 valence electrons. The van der Waals surface area contributed by atoms with Gasteiger partial charge in [-0.15, -0.1) is 0 Å². The summed E-state index contributed by atoms with van der Waals surface area (Å²) in [6, 6.07) is 6.27. The van der Waals surface area contributed by atoms with Crippen molar-refractivity contribution in [3.05, 3.63) is 30.6 Å². The van der Waals surface area contributed by atoms with Gasteiger partial charge in [0.25, 0.3) is 0 Å². The molecule has 0 spiro atoms. The Morgan fingerprint density at radius 3 is 2.31 bits per heavy atom. The Hall–Kier alpha value is -0.560. The Labute approximate surface area is 106 Å². The highest BCUT2D eigenvalue weighted by Gasteiger charge is 2.05. The largest absolute Gasteiger partial charge is 1.00 e. The maximum atomic E-state index is 2.37. The van der Waals surface area contributed by atoms with Crippen LogP contribution in [0.5, 0.6) is 0 Å². The smallest absolute Gasteiger partial charge is 0.168 e. The van der Waals surface area contributed by atoms with Gasteiger partial charge in [-0.25, -0.2) is 4.57 Å². The van der Waals surface area contributed by atoms with Crippen LogP contribution in [0, 0.1) is 5.92 Å². The van der Waals surface area contributed by atoms with E-state index in [4.69, 9.17) is 0 Å². The first-order valence-electron chi connectivity index (χ1n) is 6.27. The molecule has 1 atom stereocenters. The number of aryl methyl sites for hydroxylation is 1. The Morgan fingerprint density at radius 2 is 1.69 bits per heavy atom. The molecule has 0 bridgehead atoms. The summed E-state index contributed by atoms with van der Waals surface area (Å²) in [5.74, 6) is 0.865. The lowest BCUT2D eigenvalue weighted by molar-refractivity contribution is -0.698. The minimum absolute atomic E-state index is 0. The average molecular weight is 242 g/mol. The zero-order valence-electron chi connectivity index (χ0n) is 10.5. The third-order valence-corrected chi connectivity index (χ3v) is 2.96. The second kappa shape index (κ2) is 9.65. The molecule has 0 aliphatic heterocycles. The third-order valence-electron chi connectivity index (χ3n) is 2.96. The highest BCUT2D eigenvalue weighted by Crippen LogP contribution is 2.12. The first-order valence-corrected chi connectivity index (χ1v) is 6.27. The Bertz CT molecular complexity index is 248. The topological polar surface area (TPSA) is 3.88 Å². The van der Waals surface area contributed by atoms with Crippen molar-refractivity contribution < 1.29 is 17.0 Å². The van der Waals surface area contributed by atoms with E-state index in [1.807, 2.05) is 0 Å². The quantitative estimate of drug-likeness (QED) is 0.486. The van der Waals surface area contributed by atoms with Gasteiger partial charge in [0.05, 0.1) is 0 Å². The van der Waals surface area contributed by atoms with Crippen molar-refractivity contribution in [1.82, 2.24) is 0 Å². The van der Waals surface area contributed by atoms with Gasteiger partial charge in [-0.05, 0) is 5.92 Å². The van der Waals surface area contributed by atoms with Crippen LogP contribution < -0.4 is 17.0 Å². The van der Waals surface area contributed by atoms with E-state index in [1.165, 1.54) is 32.1 Å². The van der Waals surface area contributed by atoms with Gasteiger partial charge in [-0.3, -0.25) is 0 Å². The van der Waals surface area contributed by atoms with Gasteiger partial charge in [-0.1, -0.05) is 45.6 Å². The van der Waals surface area contributed by atoms with Gasteiger partial charge in [-0.2, -0.15) is 0 Å². The average Bonchev–Trinajstić information content (AvgIpc) is 2.28. The van der Waals surface area contributed by atoms with E-state index in [0.717, 1.165) is 12.5 Å². The zero-order chi connectivity index (χ0) is 10.9. The van der Waals surface area contributed by atoms with Gasteiger partial charge in [0, 0.05) is 18.6 Å². The van der Waals surface area contributed by atoms with E-state index in [0.29, 0.717) is 0 Å². The minimum Gasteiger partial charge on any atom is -1.00 e. The van der Waals surface area contributed by atoms with Crippen molar-refractivity contribution in [3.8, 4) is 0 Å². The number of nitrogens with zero attached hydrogens (tertiary/aromatic N) is 1. The summed E-state index contributed by atoms with van der Waals surface area (Å²) < 4.78 is 2.27. The summed E-state index contributed by atoms with van der Waals surface area (Å²) in [6.07, 6.45) is 11.1.